The third-order valence-electron chi connectivity index (χ3n) is 4.73. The number of hydrogen-bond acceptors (Lipinski definition) is 4. The van der Waals surface area contributed by atoms with Crippen LogP contribution in [0.5, 0.6) is 5.75 Å². The lowest BCUT2D eigenvalue weighted by atomic mass is 9.88. The van der Waals surface area contributed by atoms with E-state index in [4.69, 9.17) is 15.1 Å². The molecular weight excluding hydrogens is 422 g/mol. The Morgan fingerprint density at radius 1 is 1.27 bits per heavy atom. The van der Waals surface area contributed by atoms with Gasteiger partial charge >= 0.3 is 5.97 Å². The Morgan fingerprint density at radius 3 is 2.57 bits per heavy atom. The fourth-order valence-electron chi connectivity index (χ4n) is 3.29. The maximum absolute atomic E-state index is 14.3. The summed E-state index contributed by atoms with van der Waals surface area (Å²) in [6.45, 7) is -0.424. The van der Waals surface area contributed by atoms with Crippen molar-refractivity contribution in [3.8, 4) is 11.8 Å². The molecule has 1 N–H and O–H groups in total. The highest BCUT2D eigenvalue weighted by Gasteiger charge is 2.36. The number of allylic oxidation sites excluding steroid dienone is 1. The molecule has 1 aromatic heterocycles. The summed E-state index contributed by atoms with van der Waals surface area (Å²) in [7, 11) is 0. The number of ether oxygens (including phenoxy) is 1. The summed E-state index contributed by atoms with van der Waals surface area (Å²) in [6, 6.07) is 7.20. The molecule has 0 radical (unpaired) electrons. The number of carboxylic acids is 1. The molecule has 0 fully saturated rings. The Morgan fingerprint density at radius 2 is 1.97 bits per heavy atom. The van der Waals surface area contributed by atoms with Gasteiger partial charge in [-0.2, -0.15) is 5.26 Å². The fraction of sp³-hybridized carbons (Fsp3) is 0.333. The van der Waals surface area contributed by atoms with Crippen LogP contribution < -0.4 is 4.74 Å². The second-order valence-corrected chi connectivity index (χ2v) is 8.05. The van der Waals surface area contributed by atoms with Gasteiger partial charge in [-0.25, -0.2) is 17.6 Å². The Kier molecular flexibility index (Phi) is 6.46. The maximum Gasteiger partial charge on any atom is 0.303 e. The summed E-state index contributed by atoms with van der Waals surface area (Å²) in [5, 5.41) is 17.7. The van der Waals surface area contributed by atoms with Crippen LogP contribution in [0.25, 0.3) is 5.57 Å². The fourth-order valence-corrected chi connectivity index (χ4v) is 4.22. The number of hydrogen-bond donors (Lipinski definition) is 1. The van der Waals surface area contributed by atoms with Crippen molar-refractivity contribution in [3.63, 3.8) is 0 Å². The molecule has 0 amide bonds. The second-order valence-electron chi connectivity index (χ2n) is 6.96. The number of benzene rings is 1. The van der Waals surface area contributed by atoms with E-state index in [0.717, 1.165) is 12.1 Å². The van der Waals surface area contributed by atoms with E-state index < -0.39 is 42.3 Å². The Hall–Kier alpha value is -2.86. The lowest BCUT2D eigenvalue weighted by Gasteiger charge is -2.27. The smallest absolute Gasteiger partial charge is 0.303 e. The number of rotatable bonds is 7. The van der Waals surface area contributed by atoms with Crippen molar-refractivity contribution >= 4 is 22.9 Å². The second kappa shape index (κ2) is 8.88. The van der Waals surface area contributed by atoms with Crippen molar-refractivity contribution in [2.45, 2.75) is 38.0 Å². The van der Waals surface area contributed by atoms with Crippen LogP contribution in [0.15, 0.2) is 29.8 Å². The minimum atomic E-state index is -2.95. The minimum Gasteiger partial charge on any atom is -0.483 e. The molecule has 9 heteroatoms. The Bertz CT molecular complexity index is 1020. The number of aryl methyl sites for hydroxylation is 1. The zero-order valence-corrected chi connectivity index (χ0v) is 16.5. The van der Waals surface area contributed by atoms with Gasteiger partial charge in [-0.3, -0.25) is 4.79 Å². The molecule has 1 aliphatic rings. The van der Waals surface area contributed by atoms with Crippen LogP contribution >= 0.6 is 11.3 Å². The van der Waals surface area contributed by atoms with Gasteiger partial charge in [0.15, 0.2) is 17.4 Å². The lowest BCUT2D eigenvalue weighted by molar-refractivity contribution is -0.136. The zero-order chi connectivity index (χ0) is 21.9. The Labute approximate surface area is 174 Å². The maximum atomic E-state index is 14.3. The molecule has 30 heavy (non-hydrogen) atoms. The molecule has 0 aliphatic heterocycles. The number of nitrogens with zero attached hydrogens (tertiary/aromatic N) is 1. The van der Waals surface area contributed by atoms with Crippen molar-refractivity contribution in [1.29, 1.82) is 5.26 Å². The van der Waals surface area contributed by atoms with E-state index in [0.29, 0.717) is 15.3 Å². The van der Waals surface area contributed by atoms with Gasteiger partial charge in [-0.05, 0) is 53.8 Å². The van der Waals surface area contributed by atoms with Crippen molar-refractivity contribution in [1.82, 2.24) is 0 Å². The lowest BCUT2D eigenvalue weighted by Crippen LogP contribution is -2.24. The molecule has 1 heterocycles. The van der Waals surface area contributed by atoms with Gasteiger partial charge in [0.05, 0.1) is 0 Å². The third kappa shape index (κ3) is 5.19. The number of carbonyl (C=O) groups is 1. The third-order valence-corrected chi connectivity index (χ3v) is 5.78. The number of aliphatic carboxylic acids is 1. The van der Waals surface area contributed by atoms with Crippen molar-refractivity contribution < 1.29 is 32.2 Å². The van der Waals surface area contributed by atoms with Crippen LogP contribution in [0.4, 0.5) is 17.6 Å². The molecule has 4 nitrogen and oxygen atoms in total. The highest BCUT2D eigenvalue weighted by Crippen LogP contribution is 2.42. The van der Waals surface area contributed by atoms with Gasteiger partial charge in [0.2, 0.25) is 0 Å². The average Bonchev–Trinajstić information content (AvgIpc) is 3.14. The predicted molar refractivity (Wildman–Crippen MR) is 103 cm³/mol. The average molecular weight is 439 g/mol. The molecule has 0 saturated carbocycles. The molecule has 1 aromatic carbocycles. The van der Waals surface area contributed by atoms with Crippen LogP contribution in [0, 0.1) is 23.0 Å². The Balaban J connectivity index is 1.84. The van der Waals surface area contributed by atoms with Gasteiger partial charge in [-0.15, -0.1) is 11.3 Å². The molecular formula is C21H17F4NO3S. The number of nitriles is 1. The first kappa shape index (κ1) is 21.8. The van der Waals surface area contributed by atoms with E-state index in [-0.39, 0.29) is 36.8 Å². The van der Waals surface area contributed by atoms with Crippen LogP contribution in [0.1, 0.15) is 41.0 Å². The van der Waals surface area contributed by atoms with Crippen molar-refractivity contribution in [2.24, 2.45) is 0 Å². The van der Waals surface area contributed by atoms with E-state index in [9.17, 15) is 22.4 Å². The molecule has 3 rings (SSSR count). The highest BCUT2D eigenvalue weighted by molar-refractivity contribution is 7.13. The van der Waals surface area contributed by atoms with Gasteiger partial charge in [0.1, 0.15) is 17.6 Å². The molecule has 158 valence electrons. The number of carboxylic acid groups (broad SMARTS) is 1. The summed E-state index contributed by atoms with van der Waals surface area (Å²) >= 11 is 1.17. The van der Waals surface area contributed by atoms with Crippen LogP contribution in [-0.2, 0) is 11.2 Å². The molecule has 0 atom stereocenters. The minimum absolute atomic E-state index is 0.0510. The van der Waals surface area contributed by atoms with Gasteiger partial charge < -0.3 is 9.84 Å². The summed E-state index contributed by atoms with van der Waals surface area (Å²) in [6.07, 6.45) is -1.22. The van der Waals surface area contributed by atoms with E-state index in [1.807, 2.05) is 6.07 Å². The highest BCUT2D eigenvalue weighted by atomic mass is 32.1. The molecule has 0 spiro atoms. The van der Waals surface area contributed by atoms with Gasteiger partial charge in [-0.1, -0.05) is 0 Å². The number of thiophene rings is 1. The quantitative estimate of drug-likeness (QED) is 0.573. The molecule has 1 aliphatic carbocycles. The molecule has 0 bridgehead atoms. The first-order valence-corrected chi connectivity index (χ1v) is 9.92. The summed E-state index contributed by atoms with van der Waals surface area (Å²) < 4.78 is 61.8. The van der Waals surface area contributed by atoms with Crippen LogP contribution in [-0.4, -0.2) is 23.6 Å². The zero-order valence-electron chi connectivity index (χ0n) is 15.7. The normalized spacial score (nSPS) is 15.7. The first-order chi connectivity index (χ1) is 14.2. The van der Waals surface area contributed by atoms with Crippen molar-refractivity contribution in [2.75, 3.05) is 6.61 Å². The standard InChI is InChI=1S/C21H17F4NO3S/c22-16-7-12(1-4-19(27)28)8-17(23)20(16)29-11-13-9-21(24,25)6-5-15(13)18-3-2-14(10-26)30-18/h2-3,7-8H,1,4-6,9,11H2,(H,27,28). The van der Waals surface area contributed by atoms with E-state index in [2.05, 4.69) is 0 Å². The van der Waals surface area contributed by atoms with Gasteiger partial charge in [0.25, 0.3) is 5.92 Å². The van der Waals surface area contributed by atoms with E-state index in [1.54, 1.807) is 12.1 Å². The number of alkyl halides is 2. The van der Waals surface area contributed by atoms with Gasteiger partial charge in [0, 0.05) is 24.1 Å². The summed E-state index contributed by atoms with van der Waals surface area (Å²) in [4.78, 5) is 11.7. The monoisotopic (exact) mass is 439 g/mol. The topological polar surface area (TPSA) is 70.3 Å². The van der Waals surface area contributed by atoms with Crippen LogP contribution in [0.2, 0.25) is 0 Å². The summed E-state index contributed by atoms with van der Waals surface area (Å²) in [5.74, 6) is -6.79. The first-order valence-electron chi connectivity index (χ1n) is 9.10. The van der Waals surface area contributed by atoms with Crippen LogP contribution in [0.3, 0.4) is 0 Å². The van der Waals surface area contributed by atoms with E-state index >= 15 is 0 Å². The summed E-state index contributed by atoms with van der Waals surface area (Å²) in [5.41, 5.74) is 0.990. The molecule has 2 aromatic rings. The predicted octanol–water partition coefficient (Wildman–Crippen LogP) is 5.57. The molecule has 0 unspecified atom stereocenters. The van der Waals surface area contributed by atoms with Crippen molar-refractivity contribution in [3.05, 3.63) is 56.8 Å². The number of halogens is 4. The van der Waals surface area contributed by atoms with E-state index in [1.165, 1.54) is 11.3 Å². The SMILES string of the molecule is N#Cc1ccc(C2=C(COc3c(F)cc(CCC(=O)O)cc3F)CC(F)(F)CC2)s1. The largest absolute Gasteiger partial charge is 0.483 e. The molecule has 0 saturated heterocycles.